The summed E-state index contributed by atoms with van der Waals surface area (Å²) >= 11 is 0. The largest absolute Gasteiger partial charge is 0.492 e. The van der Waals surface area contributed by atoms with E-state index in [9.17, 15) is 0 Å². The molecular formula is C17H15N3O. The van der Waals surface area contributed by atoms with Crippen LogP contribution in [0.3, 0.4) is 0 Å². The monoisotopic (exact) mass is 277 g/mol. The van der Waals surface area contributed by atoms with Crippen LogP contribution < -0.4 is 10.5 Å². The van der Waals surface area contributed by atoms with Crippen molar-refractivity contribution in [2.24, 2.45) is 0 Å². The number of rotatable bonds is 2. The maximum atomic E-state index is 6.11. The number of aromatic amines is 1. The van der Waals surface area contributed by atoms with Gasteiger partial charge in [0.05, 0.1) is 17.9 Å². The number of fused-ring (bicyclic) bond motifs is 1. The third kappa shape index (κ3) is 1.88. The number of para-hydroxylation sites is 1. The first-order chi connectivity index (χ1) is 10.3. The van der Waals surface area contributed by atoms with Crippen molar-refractivity contribution >= 4 is 5.82 Å². The second-order valence-electron chi connectivity index (χ2n) is 5.12. The summed E-state index contributed by atoms with van der Waals surface area (Å²) in [7, 11) is 0. The van der Waals surface area contributed by atoms with E-state index in [4.69, 9.17) is 10.5 Å². The molecule has 0 amide bonds. The molecule has 1 aliphatic rings. The lowest BCUT2D eigenvalue weighted by atomic mass is 9.98. The van der Waals surface area contributed by atoms with Gasteiger partial charge in [0.1, 0.15) is 5.75 Å². The van der Waals surface area contributed by atoms with E-state index in [0.717, 1.165) is 41.2 Å². The van der Waals surface area contributed by atoms with Crippen molar-refractivity contribution in [3.63, 3.8) is 0 Å². The first kappa shape index (κ1) is 12.0. The normalized spacial score (nSPS) is 13.0. The number of nitrogens with zero attached hydrogens (tertiary/aromatic N) is 1. The van der Waals surface area contributed by atoms with E-state index in [0.29, 0.717) is 5.82 Å². The number of aromatic nitrogens is 2. The zero-order chi connectivity index (χ0) is 14.2. The Balaban J connectivity index is 1.95. The van der Waals surface area contributed by atoms with Crippen LogP contribution in [0.15, 0.2) is 48.5 Å². The fourth-order valence-corrected chi connectivity index (χ4v) is 2.85. The van der Waals surface area contributed by atoms with Gasteiger partial charge in [-0.3, -0.25) is 5.10 Å². The first-order valence-electron chi connectivity index (χ1n) is 6.99. The minimum Gasteiger partial charge on any atom is -0.492 e. The molecule has 0 aliphatic carbocycles. The van der Waals surface area contributed by atoms with Crippen molar-refractivity contribution in [1.82, 2.24) is 10.2 Å². The number of H-pyrrole nitrogens is 1. The third-order valence-corrected chi connectivity index (χ3v) is 3.84. The molecule has 0 fully saturated rings. The van der Waals surface area contributed by atoms with Crippen molar-refractivity contribution in [3.8, 4) is 28.1 Å². The van der Waals surface area contributed by atoms with Crippen LogP contribution >= 0.6 is 0 Å². The van der Waals surface area contributed by atoms with Crippen LogP contribution in [0.1, 0.15) is 5.56 Å². The Morgan fingerprint density at radius 1 is 1.05 bits per heavy atom. The molecule has 104 valence electrons. The van der Waals surface area contributed by atoms with Gasteiger partial charge in [-0.25, -0.2) is 0 Å². The summed E-state index contributed by atoms with van der Waals surface area (Å²) in [6.07, 6.45) is 0.946. The Hall–Kier alpha value is -2.75. The molecule has 2 aromatic carbocycles. The van der Waals surface area contributed by atoms with Gasteiger partial charge in [-0.15, -0.1) is 0 Å². The van der Waals surface area contributed by atoms with Crippen LogP contribution in [-0.4, -0.2) is 16.8 Å². The molecule has 0 bridgehead atoms. The van der Waals surface area contributed by atoms with E-state index in [2.05, 4.69) is 16.3 Å². The lowest BCUT2D eigenvalue weighted by Crippen LogP contribution is -1.92. The zero-order valence-electron chi connectivity index (χ0n) is 11.5. The molecule has 0 saturated heterocycles. The highest BCUT2D eigenvalue weighted by molar-refractivity contribution is 5.91. The predicted octanol–water partition coefficient (Wildman–Crippen LogP) is 3.26. The van der Waals surface area contributed by atoms with E-state index in [1.165, 1.54) is 5.56 Å². The van der Waals surface area contributed by atoms with Crippen LogP contribution in [-0.2, 0) is 6.42 Å². The minimum atomic E-state index is 0.498. The minimum absolute atomic E-state index is 0.498. The molecule has 3 aromatic rings. The van der Waals surface area contributed by atoms with E-state index in [1.807, 2.05) is 42.5 Å². The van der Waals surface area contributed by atoms with E-state index < -0.39 is 0 Å². The van der Waals surface area contributed by atoms with Crippen LogP contribution in [0, 0.1) is 0 Å². The van der Waals surface area contributed by atoms with Gasteiger partial charge in [0, 0.05) is 17.5 Å². The van der Waals surface area contributed by atoms with Crippen molar-refractivity contribution in [1.29, 1.82) is 0 Å². The molecule has 4 nitrogen and oxygen atoms in total. The summed E-state index contributed by atoms with van der Waals surface area (Å²) in [6, 6.07) is 16.3. The Kier molecular flexibility index (Phi) is 2.67. The molecule has 1 aromatic heterocycles. The molecule has 3 N–H and O–H groups in total. The molecule has 2 heterocycles. The van der Waals surface area contributed by atoms with Gasteiger partial charge in [-0.2, -0.15) is 5.10 Å². The highest BCUT2D eigenvalue weighted by Crippen LogP contribution is 2.42. The smallest absolute Gasteiger partial charge is 0.153 e. The van der Waals surface area contributed by atoms with Gasteiger partial charge in [-0.1, -0.05) is 48.5 Å². The van der Waals surface area contributed by atoms with Crippen LogP contribution in [0.2, 0.25) is 0 Å². The second kappa shape index (κ2) is 4.66. The molecule has 0 saturated carbocycles. The fraction of sp³-hybridized carbons (Fsp3) is 0.118. The van der Waals surface area contributed by atoms with Gasteiger partial charge in [0.15, 0.2) is 5.82 Å². The number of nitrogen functional groups attached to an aromatic ring is 1. The van der Waals surface area contributed by atoms with Gasteiger partial charge in [0.25, 0.3) is 0 Å². The second-order valence-corrected chi connectivity index (χ2v) is 5.12. The maximum Gasteiger partial charge on any atom is 0.153 e. The molecule has 0 atom stereocenters. The zero-order valence-corrected chi connectivity index (χ0v) is 11.5. The number of hydrogen-bond donors (Lipinski definition) is 2. The van der Waals surface area contributed by atoms with Gasteiger partial charge < -0.3 is 10.5 Å². The average Bonchev–Trinajstić information content (AvgIpc) is 3.14. The highest BCUT2D eigenvalue weighted by Gasteiger charge is 2.22. The van der Waals surface area contributed by atoms with Gasteiger partial charge in [-0.05, 0) is 5.56 Å². The molecular weight excluding hydrogens is 262 g/mol. The Labute approximate surface area is 122 Å². The van der Waals surface area contributed by atoms with Crippen molar-refractivity contribution in [2.75, 3.05) is 12.3 Å². The quantitative estimate of drug-likeness (QED) is 0.755. The summed E-state index contributed by atoms with van der Waals surface area (Å²) in [5.74, 6) is 1.43. The van der Waals surface area contributed by atoms with Gasteiger partial charge in [0.2, 0.25) is 0 Å². The number of anilines is 1. The molecule has 1 aliphatic heterocycles. The topological polar surface area (TPSA) is 63.9 Å². The molecule has 0 unspecified atom stereocenters. The molecule has 0 radical (unpaired) electrons. The van der Waals surface area contributed by atoms with Crippen molar-refractivity contribution < 1.29 is 4.74 Å². The molecule has 4 heteroatoms. The van der Waals surface area contributed by atoms with E-state index >= 15 is 0 Å². The standard InChI is InChI=1S/C17H15N3O/c18-17-14(13-8-4-7-12-9-10-21-16(12)13)15(19-20-17)11-5-2-1-3-6-11/h1-8H,9-10H2,(H3,18,19,20). The summed E-state index contributed by atoms with van der Waals surface area (Å²) in [4.78, 5) is 0. The molecule has 21 heavy (non-hydrogen) atoms. The number of nitrogens with one attached hydrogen (secondary N) is 1. The average molecular weight is 277 g/mol. The van der Waals surface area contributed by atoms with Crippen molar-refractivity contribution in [3.05, 3.63) is 54.1 Å². The highest BCUT2D eigenvalue weighted by atomic mass is 16.5. The predicted molar refractivity (Wildman–Crippen MR) is 83.1 cm³/mol. The summed E-state index contributed by atoms with van der Waals surface area (Å²) in [5.41, 5.74) is 11.3. The lowest BCUT2D eigenvalue weighted by molar-refractivity contribution is 0.358. The Morgan fingerprint density at radius 3 is 2.76 bits per heavy atom. The molecule has 0 spiro atoms. The fourth-order valence-electron chi connectivity index (χ4n) is 2.85. The first-order valence-corrected chi connectivity index (χ1v) is 6.99. The number of nitrogens with two attached hydrogens (primary N) is 1. The van der Waals surface area contributed by atoms with Crippen LogP contribution in [0.5, 0.6) is 5.75 Å². The molecule has 4 rings (SSSR count). The SMILES string of the molecule is Nc1n[nH]c(-c2ccccc2)c1-c1cccc2c1OCC2. The Morgan fingerprint density at radius 2 is 1.90 bits per heavy atom. The van der Waals surface area contributed by atoms with E-state index in [1.54, 1.807) is 0 Å². The summed E-state index contributed by atoms with van der Waals surface area (Å²) in [6.45, 7) is 0.727. The van der Waals surface area contributed by atoms with Crippen molar-refractivity contribution in [2.45, 2.75) is 6.42 Å². The summed E-state index contributed by atoms with van der Waals surface area (Å²) < 4.78 is 5.80. The summed E-state index contributed by atoms with van der Waals surface area (Å²) in [5, 5.41) is 7.24. The van der Waals surface area contributed by atoms with E-state index in [-0.39, 0.29) is 0 Å². The van der Waals surface area contributed by atoms with Crippen LogP contribution in [0.4, 0.5) is 5.82 Å². The third-order valence-electron chi connectivity index (χ3n) is 3.84. The Bertz CT molecular complexity index is 793. The maximum absolute atomic E-state index is 6.11. The number of benzene rings is 2. The van der Waals surface area contributed by atoms with Gasteiger partial charge >= 0.3 is 0 Å². The number of ether oxygens (including phenoxy) is 1. The van der Waals surface area contributed by atoms with Crippen LogP contribution in [0.25, 0.3) is 22.4 Å². The number of hydrogen-bond acceptors (Lipinski definition) is 3. The lowest BCUT2D eigenvalue weighted by Gasteiger charge is -2.09.